The third kappa shape index (κ3) is 3.94. The first-order valence-corrected chi connectivity index (χ1v) is 6.32. The van der Waals surface area contributed by atoms with E-state index in [4.69, 9.17) is 16.0 Å². The van der Waals surface area contributed by atoms with Crippen LogP contribution in [0.5, 0.6) is 0 Å². The van der Waals surface area contributed by atoms with Crippen LogP contribution in [0.2, 0.25) is 0 Å². The number of nitrogens with zero attached hydrogens (tertiary/aromatic N) is 1. The van der Waals surface area contributed by atoms with Gasteiger partial charge in [-0.25, -0.2) is 0 Å². The summed E-state index contributed by atoms with van der Waals surface area (Å²) in [5, 5.41) is 20.8. The number of oxime groups is 1. The summed E-state index contributed by atoms with van der Waals surface area (Å²) in [5.41, 5.74) is 7.27. The standard InChI is InChI=1S/C12H18N2O2S/c1-8-7-10(17-9(2)5-6-15)3-4-11(8)12(13)14-16/h3-4,7,9,15-16H,5-6H2,1-2H3,(H2,13,14). The van der Waals surface area contributed by atoms with Crippen molar-refractivity contribution >= 4 is 17.6 Å². The van der Waals surface area contributed by atoms with Gasteiger partial charge in [0.05, 0.1) is 0 Å². The van der Waals surface area contributed by atoms with Crippen molar-refractivity contribution in [3.63, 3.8) is 0 Å². The lowest BCUT2D eigenvalue weighted by Crippen LogP contribution is -2.14. The zero-order valence-electron chi connectivity index (χ0n) is 10.1. The number of amidine groups is 1. The van der Waals surface area contributed by atoms with Crippen LogP contribution in [0.3, 0.4) is 0 Å². The number of aliphatic hydroxyl groups is 1. The van der Waals surface area contributed by atoms with E-state index in [-0.39, 0.29) is 12.4 Å². The van der Waals surface area contributed by atoms with E-state index in [0.29, 0.717) is 5.25 Å². The minimum atomic E-state index is 0.127. The summed E-state index contributed by atoms with van der Waals surface area (Å²) in [5.74, 6) is 0.127. The summed E-state index contributed by atoms with van der Waals surface area (Å²) in [4.78, 5) is 1.12. The molecule has 0 saturated heterocycles. The minimum Gasteiger partial charge on any atom is -0.409 e. The Balaban J connectivity index is 2.82. The van der Waals surface area contributed by atoms with Gasteiger partial charge in [-0.05, 0) is 37.1 Å². The van der Waals surface area contributed by atoms with Crippen molar-refractivity contribution in [3.8, 4) is 0 Å². The highest BCUT2D eigenvalue weighted by atomic mass is 32.2. The SMILES string of the molecule is Cc1cc(SC(C)CCO)ccc1/C(N)=N/O. The molecule has 0 aromatic heterocycles. The molecule has 1 aromatic rings. The smallest absolute Gasteiger partial charge is 0.170 e. The van der Waals surface area contributed by atoms with E-state index in [0.717, 1.165) is 22.4 Å². The van der Waals surface area contributed by atoms with Gasteiger partial charge in [-0.3, -0.25) is 0 Å². The van der Waals surface area contributed by atoms with E-state index in [9.17, 15) is 0 Å². The molecular formula is C12H18N2O2S. The molecule has 0 heterocycles. The lowest BCUT2D eigenvalue weighted by molar-refractivity contribution is 0.289. The first-order chi connectivity index (χ1) is 8.08. The van der Waals surface area contributed by atoms with Crippen molar-refractivity contribution in [2.75, 3.05) is 6.61 Å². The molecule has 17 heavy (non-hydrogen) atoms. The van der Waals surface area contributed by atoms with E-state index in [1.54, 1.807) is 11.8 Å². The van der Waals surface area contributed by atoms with Crippen LogP contribution in [-0.4, -0.2) is 28.0 Å². The number of aryl methyl sites for hydroxylation is 1. The molecule has 0 radical (unpaired) electrons. The summed E-state index contributed by atoms with van der Waals surface area (Å²) in [7, 11) is 0. The molecule has 5 heteroatoms. The fourth-order valence-corrected chi connectivity index (χ4v) is 2.60. The molecule has 1 aromatic carbocycles. The van der Waals surface area contributed by atoms with Crippen molar-refractivity contribution in [2.24, 2.45) is 10.9 Å². The molecule has 0 amide bonds. The van der Waals surface area contributed by atoms with Gasteiger partial charge in [0.2, 0.25) is 0 Å². The molecule has 0 saturated carbocycles. The summed E-state index contributed by atoms with van der Waals surface area (Å²) in [6.07, 6.45) is 0.770. The van der Waals surface area contributed by atoms with Gasteiger partial charge in [0.15, 0.2) is 5.84 Å². The summed E-state index contributed by atoms with van der Waals surface area (Å²) in [6.45, 7) is 4.21. The molecule has 0 aliphatic carbocycles. The van der Waals surface area contributed by atoms with Gasteiger partial charge >= 0.3 is 0 Å². The van der Waals surface area contributed by atoms with E-state index >= 15 is 0 Å². The normalized spacial score (nSPS) is 13.7. The van der Waals surface area contributed by atoms with Gasteiger partial charge in [-0.1, -0.05) is 12.1 Å². The fourth-order valence-electron chi connectivity index (χ4n) is 1.52. The predicted octanol–water partition coefficient (Wildman–Crippen LogP) is 1.95. The number of rotatable bonds is 5. The molecule has 0 bridgehead atoms. The third-order valence-electron chi connectivity index (χ3n) is 2.45. The minimum absolute atomic E-state index is 0.127. The number of nitrogens with two attached hydrogens (primary N) is 1. The maximum atomic E-state index is 8.84. The molecule has 1 rings (SSSR count). The van der Waals surface area contributed by atoms with Gasteiger partial charge in [0, 0.05) is 22.3 Å². The van der Waals surface area contributed by atoms with Crippen molar-refractivity contribution < 1.29 is 10.3 Å². The maximum Gasteiger partial charge on any atom is 0.170 e. The van der Waals surface area contributed by atoms with Crippen LogP contribution >= 0.6 is 11.8 Å². The van der Waals surface area contributed by atoms with Crippen molar-refractivity contribution in [1.29, 1.82) is 0 Å². The van der Waals surface area contributed by atoms with Gasteiger partial charge in [0.1, 0.15) is 0 Å². The molecule has 0 fully saturated rings. The largest absolute Gasteiger partial charge is 0.409 e. The van der Waals surface area contributed by atoms with Crippen LogP contribution in [-0.2, 0) is 0 Å². The molecule has 1 atom stereocenters. The zero-order chi connectivity index (χ0) is 12.8. The molecule has 4 N–H and O–H groups in total. The average Bonchev–Trinajstić information content (AvgIpc) is 2.28. The quantitative estimate of drug-likeness (QED) is 0.247. The van der Waals surface area contributed by atoms with Crippen molar-refractivity contribution in [3.05, 3.63) is 29.3 Å². The number of thioether (sulfide) groups is 1. The van der Waals surface area contributed by atoms with Crippen molar-refractivity contribution in [1.82, 2.24) is 0 Å². The molecule has 0 aliphatic rings. The Labute approximate surface area is 106 Å². The van der Waals surface area contributed by atoms with Crippen LogP contribution < -0.4 is 5.73 Å². The van der Waals surface area contributed by atoms with E-state index in [2.05, 4.69) is 12.1 Å². The Kier molecular flexibility index (Phi) is 5.31. The van der Waals surface area contributed by atoms with Crippen molar-refractivity contribution in [2.45, 2.75) is 30.4 Å². The zero-order valence-corrected chi connectivity index (χ0v) is 10.9. The second kappa shape index (κ2) is 6.51. The molecule has 4 nitrogen and oxygen atoms in total. The number of hydrogen-bond donors (Lipinski definition) is 3. The predicted molar refractivity (Wildman–Crippen MR) is 70.7 cm³/mol. The second-order valence-electron chi connectivity index (χ2n) is 3.90. The molecule has 0 aliphatic heterocycles. The van der Waals surface area contributed by atoms with Crippen LogP contribution in [0.4, 0.5) is 0 Å². The Morgan fingerprint density at radius 3 is 2.76 bits per heavy atom. The molecular weight excluding hydrogens is 236 g/mol. The Bertz CT molecular complexity index is 407. The molecule has 0 spiro atoms. The van der Waals surface area contributed by atoms with Gasteiger partial charge < -0.3 is 16.0 Å². The monoisotopic (exact) mass is 254 g/mol. The Hall–Kier alpha value is -1.20. The third-order valence-corrected chi connectivity index (χ3v) is 3.62. The van der Waals surface area contributed by atoms with Gasteiger partial charge in [-0.2, -0.15) is 0 Å². The van der Waals surface area contributed by atoms with Crippen LogP contribution in [0.15, 0.2) is 28.3 Å². The summed E-state index contributed by atoms with van der Waals surface area (Å²) < 4.78 is 0. The summed E-state index contributed by atoms with van der Waals surface area (Å²) >= 11 is 1.71. The second-order valence-corrected chi connectivity index (χ2v) is 5.41. The topological polar surface area (TPSA) is 78.8 Å². The first kappa shape index (κ1) is 13.9. The molecule has 1 unspecified atom stereocenters. The van der Waals surface area contributed by atoms with E-state index in [1.165, 1.54) is 0 Å². The first-order valence-electron chi connectivity index (χ1n) is 5.44. The fraction of sp³-hybridized carbons (Fsp3) is 0.417. The van der Waals surface area contributed by atoms with E-state index < -0.39 is 0 Å². The average molecular weight is 254 g/mol. The Morgan fingerprint density at radius 1 is 1.53 bits per heavy atom. The number of benzene rings is 1. The highest BCUT2D eigenvalue weighted by molar-refractivity contribution is 7.99. The van der Waals surface area contributed by atoms with Crippen LogP contribution in [0.25, 0.3) is 0 Å². The number of aliphatic hydroxyl groups excluding tert-OH is 1. The maximum absolute atomic E-state index is 8.84. The summed E-state index contributed by atoms with van der Waals surface area (Å²) in [6, 6.07) is 5.79. The highest BCUT2D eigenvalue weighted by Crippen LogP contribution is 2.26. The van der Waals surface area contributed by atoms with Crippen LogP contribution in [0, 0.1) is 6.92 Å². The lowest BCUT2D eigenvalue weighted by atomic mass is 10.1. The lowest BCUT2D eigenvalue weighted by Gasteiger charge is -2.11. The highest BCUT2D eigenvalue weighted by Gasteiger charge is 2.07. The van der Waals surface area contributed by atoms with Gasteiger partial charge in [0.25, 0.3) is 0 Å². The van der Waals surface area contributed by atoms with E-state index in [1.807, 2.05) is 25.1 Å². The Morgan fingerprint density at radius 2 is 2.24 bits per heavy atom. The molecule has 94 valence electrons. The van der Waals surface area contributed by atoms with Gasteiger partial charge in [-0.15, -0.1) is 11.8 Å². The van der Waals surface area contributed by atoms with Crippen LogP contribution in [0.1, 0.15) is 24.5 Å². The number of hydrogen-bond acceptors (Lipinski definition) is 4.